The van der Waals surface area contributed by atoms with Gasteiger partial charge in [0.15, 0.2) is 0 Å². The molecule has 0 spiro atoms. The summed E-state index contributed by atoms with van der Waals surface area (Å²) >= 11 is 0. The van der Waals surface area contributed by atoms with E-state index in [9.17, 15) is 0 Å². The normalized spacial score (nSPS) is 10.2. The number of benzene rings is 1. The minimum atomic E-state index is 1.08. The Kier molecular flexibility index (Phi) is 3.35. The first-order chi connectivity index (χ1) is 6.20. The number of hydrogen-bond acceptors (Lipinski definition) is 1. The summed E-state index contributed by atoms with van der Waals surface area (Å²) in [6.07, 6.45) is 0. The summed E-state index contributed by atoms with van der Waals surface area (Å²) in [5.41, 5.74) is 4.17. The average molecular weight is 177 g/mol. The molecular weight excluding hydrogens is 158 g/mol. The number of aryl methyl sites for hydroxylation is 1. The van der Waals surface area contributed by atoms with Crippen molar-refractivity contribution in [3.63, 3.8) is 0 Å². The predicted molar refractivity (Wildman–Crippen MR) is 59.5 cm³/mol. The van der Waals surface area contributed by atoms with Crippen molar-refractivity contribution in [1.82, 2.24) is 0 Å². The molecule has 0 fully saturated rings. The minimum Gasteiger partial charge on any atom is -0.372 e. The van der Waals surface area contributed by atoms with Crippen LogP contribution in [0.3, 0.4) is 0 Å². The Labute approximate surface area is 81.4 Å². The zero-order valence-corrected chi connectivity index (χ0v) is 9.09. The molecule has 1 heteroatoms. The van der Waals surface area contributed by atoms with Gasteiger partial charge in [0.25, 0.3) is 0 Å². The zero-order chi connectivity index (χ0) is 9.84. The van der Waals surface area contributed by atoms with Crippen LogP contribution in [-0.4, -0.2) is 13.1 Å². The molecule has 0 aliphatic heterocycles. The van der Waals surface area contributed by atoms with Gasteiger partial charge in [0.05, 0.1) is 0 Å². The highest BCUT2D eigenvalue weighted by atomic mass is 15.1. The number of rotatable bonds is 3. The van der Waals surface area contributed by atoms with E-state index in [4.69, 9.17) is 0 Å². The number of nitrogens with zero attached hydrogens (tertiary/aromatic N) is 1. The molecule has 0 radical (unpaired) electrons. The summed E-state index contributed by atoms with van der Waals surface area (Å²) in [5.74, 6) is 0. The summed E-state index contributed by atoms with van der Waals surface area (Å²) in [5, 5.41) is 0. The first-order valence-corrected chi connectivity index (χ1v) is 5.01. The molecule has 0 bridgehead atoms. The summed E-state index contributed by atoms with van der Waals surface area (Å²) in [7, 11) is 0. The van der Waals surface area contributed by atoms with E-state index in [0.29, 0.717) is 0 Å². The predicted octanol–water partition coefficient (Wildman–Crippen LogP) is 3.15. The van der Waals surface area contributed by atoms with Gasteiger partial charge >= 0.3 is 0 Å². The van der Waals surface area contributed by atoms with Crippen LogP contribution in [-0.2, 0) is 0 Å². The maximum absolute atomic E-state index is 2.39. The molecule has 0 aliphatic carbocycles. The van der Waals surface area contributed by atoms with Gasteiger partial charge in [-0.1, -0.05) is 12.1 Å². The first kappa shape index (κ1) is 10.1. The largest absolute Gasteiger partial charge is 0.372 e. The maximum Gasteiger partial charge on any atom is 0.0398 e. The van der Waals surface area contributed by atoms with E-state index < -0.39 is 0 Å². The van der Waals surface area contributed by atoms with Crippen LogP contribution in [0.1, 0.15) is 25.0 Å². The molecule has 1 aromatic carbocycles. The van der Waals surface area contributed by atoms with E-state index in [2.05, 4.69) is 50.8 Å². The third-order valence-corrected chi connectivity index (χ3v) is 2.68. The Morgan fingerprint density at radius 2 is 1.69 bits per heavy atom. The monoisotopic (exact) mass is 177 g/mol. The van der Waals surface area contributed by atoms with Crippen LogP contribution in [0.2, 0.25) is 0 Å². The van der Waals surface area contributed by atoms with Crippen molar-refractivity contribution in [2.45, 2.75) is 27.7 Å². The van der Waals surface area contributed by atoms with E-state index in [1.165, 1.54) is 16.8 Å². The lowest BCUT2D eigenvalue weighted by atomic mass is 10.1. The third kappa shape index (κ3) is 2.03. The first-order valence-electron chi connectivity index (χ1n) is 5.01. The molecule has 0 unspecified atom stereocenters. The van der Waals surface area contributed by atoms with Gasteiger partial charge in [-0.15, -0.1) is 0 Å². The number of anilines is 1. The summed E-state index contributed by atoms with van der Waals surface area (Å²) in [6.45, 7) is 10.9. The Bertz CT molecular complexity index is 274. The molecule has 0 heterocycles. The Hall–Kier alpha value is -0.980. The Balaban J connectivity index is 3.05. The van der Waals surface area contributed by atoms with E-state index in [1.807, 2.05) is 0 Å². The van der Waals surface area contributed by atoms with Crippen molar-refractivity contribution >= 4 is 5.69 Å². The Morgan fingerprint density at radius 3 is 2.23 bits per heavy atom. The van der Waals surface area contributed by atoms with Crippen LogP contribution in [0.25, 0.3) is 0 Å². The standard InChI is InChI=1S/C12H19N/c1-5-13(6-2)12-9-7-8-10(3)11(12)4/h7-9H,5-6H2,1-4H3. The minimum absolute atomic E-state index is 1.08. The molecule has 0 saturated carbocycles. The summed E-state index contributed by atoms with van der Waals surface area (Å²) in [4.78, 5) is 2.39. The molecule has 1 rings (SSSR count). The SMILES string of the molecule is CCN(CC)c1cccc(C)c1C. The lowest BCUT2D eigenvalue weighted by molar-refractivity contribution is 0.860. The average Bonchev–Trinajstić information content (AvgIpc) is 2.14. The fourth-order valence-electron chi connectivity index (χ4n) is 1.64. The van der Waals surface area contributed by atoms with Gasteiger partial charge in [-0.25, -0.2) is 0 Å². The van der Waals surface area contributed by atoms with Crippen molar-refractivity contribution < 1.29 is 0 Å². The van der Waals surface area contributed by atoms with Gasteiger partial charge in [-0.05, 0) is 44.9 Å². The molecule has 72 valence electrons. The molecule has 0 aliphatic rings. The highest BCUT2D eigenvalue weighted by Crippen LogP contribution is 2.21. The Morgan fingerprint density at radius 1 is 1.08 bits per heavy atom. The molecule has 0 atom stereocenters. The quantitative estimate of drug-likeness (QED) is 0.685. The summed E-state index contributed by atoms with van der Waals surface area (Å²) < 4.78 is 0. The lowest BCUT2D eigenvalue weighted by Gasteiger charge is -2.23. The van der Waals surface area contributed by atoms with E-state index >= 15 is 0 Å². The van der Waals surface area contributed by atoms with E-state index in [-0.39, 0.29) is 0 Å². The van der Waals surface area contributed by atoms with Crippen LogP contribution in [0, 0.1) is 13.8 Å². The second kappa shape index (κ2) is 4.31. The van der Waals surface area contributed by atoms with Gasteiger partial charge in [0.2, 0.25) is 0 Å². The van der Waals surface area contributed by atoms with Crippen LogP contribution >= 0.6 is 0 Å². The molecule has 1 aromatic rings. The fourth-order valence-corrected chi connectivity index (χ4v) is 1.64. The molecule has 0 aromatic heterocycles. The lowest BCUT2D eigenvalue weighted by Crippen LogP contribution is -2.22. The molecule has 0 N–H and O–H groups in total. The highest BCUT2D eigenvalue weighted by Gasteiger charge is 2.05. The molecule has 0 amide bonds. The topological polar surface area (TPSA) is 3.24 Å². The van der Waals surface area contributed by atoms with Gasteiger partial charge in [-0.3, -0.25) is 0 Å². The second-order valence-electron chi connectivity index (χ2n) is 3.39. The van der Waals surface area contributed by atoms with Gasteiger partial charge in [0, 0.05) is 18.8 Å². The van der Waals surface area contributed by atoms with Crippen molar-refractivity contribution in [3.05, 3.63) is 29.3 Å². The summed E-state index contributed by atoms with van der Waals surface area (Å²) in [6, 6.07) is 6.51. The van der Waals surface area contributed by atoms with Crippen molar-refractivity contribution in [2.24, 2.45) is 0 Å². The smallest absolute Gasteiger partial charge is 0.0398 e. The van der Waals surface area contributed by atoms with Gasteiger partial charge in [-0.2, -0.15) is 0 Å². The molecule has 0 saturated heterocycles. The molecule has 1 nitrogen and oxygen atoms in total. The van der Waals surface area contributed by atoms with Crippen LogP contribution in [0.5, 0.6) is 0 Å². The van der Waals surface area contributed by atoms with Crippen LogP contribution in [0.4, 0.5) is 5.69 Å². The number of hydrogen-bond donors (Lipinski definition) is 0. The maximum atomic E-state index is 2.39. The van der Waals surface area contributed by atoms with Crippen molar-refractivity contribution in [1.29, 1.82) is 0 Å². The van der Waals surface area contributed by atoms with Gasteiger partial charge < -0.3 is 4.90 Å². The zero-order valence-electron chi connectivity index (χ0n) is 9.09. The molecule has 13 heavy (non-hydrogen) atoms. The van der Waals surface area contributed by atoms with Crippen molar-refractivity contribution in [3.8, 4) is 0 Å². The second-order valence-corrected chi connectivity index (χ2v) is 3.39. The van der Waals surface area contributed by atoms with Gasteiger partial charge in [0.1, 0.15) is 0 Å². The third-order valence-electron chi connectivity index (χ3n) is 2.68. The van der Waals surface area contributed by atoms with Crippen LogP contribution in [0.15, 0.2) is 18.2 Å². The highest BCUT2D eigenvalue weighted by molar-refractivity contribution is 5.55. The van der Waals surface area contributed by atoms with Crippen LogP contribution < -0.4 is 4.90 Å². The van der Waals surface area contributed by atoms with E-state index in [1.54, 1.807) is 0 Å². The van der Waals surface area contributed by atoms with E-state index in [0.717, 1.165) is 13.1 Å². The fraction of sp³-hybridized carbons (Fsp3) is 0.500. The van der Waals surface area contributed by atoms with Crippen molar-refractivity contribution in [2.75, 3.05) is 18.0 Å². The molecular formula is C12H19N.